The molecule has 0 aliphatic carbocycles. The number of imidazole rings is 1. The topological polar surface area (TPSA) is 144 Å². The van der Waals surface area contributed by atoms with E-state index in [0.717, 1.165) is 0 Å². The van der Waals surface area contributed by atoms with Crippen LogP contribution in [0.5, 0.6) is 0 Å². The van der Waals surface area contributed by atoms with Crippen LogP contribution in [-0.2, 0) is 16.6 Å². The van der Waals surface area contributed by atoms with Crippen LogP contribution in [0.15, 0.2) is 29.4 Å². The average Bonchev–Trinajstić information content (AvgIpc) is 3.02. The molecule has 0 saturated carbocycles. The van der Waals surface area contributed by atoms with Gasteiger partial charge >= 0.3 is 0 Å². The Kier molecular flexibility index (Phi) is 2.84. The summed E-state index contributed by atoms with van der Waals surface area (Å²) in [5.74, 6) is 0.151. The van der Waals surface area contributed by atoms with Crippen LogP contribution in [0.25, 0.3) is 5.65 Å². The maximum Gasteiger partial charge on any atom is 0.260 e. The molecule has 20 heavy (non-hydrogen) atoms. The molecule has 0 saturated heterocycles. The van der Waals surface area contributed by atoms with Crippen LogP contribution in [0.2, 0.25) is 0 Å². The van der Waals surface area contributed by atoms with E-state index < -0.39 is 10.0 Å². The summed E-state index contributed by atoms with van der Waals surface area (Å²) in [6.07, 6.45) is 1.57. The van der Waals surface area contributed by atoms with Crippen LogP contribution < -0.4 is 10.5 Å². The molecule has 10 nitrogen and oxygen atoms in total. The summed E-state index contributed by atoms with van der Waals surface area (Å²) in [6, 6.07) is 5.09. The normalized spacial score (nSPS) is 12.0. The van der Waals surface area contributed by atoms with Crippen molar-refractivity contribution in [3.05, 3.63) is 30.2 Å². The molecule has 4 N–H and O–H groups in total. The van der Waals surface area contributed by atoms with Crippen molar-refractivity contribution in [1.29, 1.82) is 0 Å². The van der Waals surface area contributed by atoms with Crippen molar-refractivity contribution in [1.82, 2.24) is 34.7 Å². The number of H-pyrrole nitrogens is 1. The molecule has 3 aromatic heterocycles. The molecule has 3 heterocycles. The summed E-state index contributed by atoms with van der Waals surface area (Å²) in [5, 5.41) is 12.8. The van der Waals surface area contributed by atoms with Crippen LogP contribution in [0.3, 0.4) is 0 Å². The Morgan fingerprint density at radius 3 is 3.00 bits per heavy atom. The Morgan fingerprint density at radius 2 is 2.25 bits per heavy atom. The summed E-state index contributed by atoms with van der Waals surface area (Å²) in [6.45, 7) is -0.0989. The number of anilines is 1. The van der Waals surface area contributed by atoms with Crippen LogP contribution in [0, 0.1) is 0 Å². The molecule has 0 atom stereocenters. The summed E-state index contributed by atoms with van der Waals surface area (Å²) < 4.78 is 28.3. The number of aromatic amines is 1. The number of tetrazole rings is 1. The van der Waals surface area contributed by atoms with E-state index >= 15 is 0 Å². The zero-order valence-electron chi connectivity index (χ0n) is 10.1. The summed E-state index contributed by atoms with van der Waals surface area (Å²) in [4.78, 5) is 4.00. The van der Waals surface area contributed by atoms with Crippen molar-refractivity contribution < 1.29 is 8.42 Å². The van der Waals surface area contributed by atoms with Crippen molar-refractivity contribution in [2.24, 2.45) is 0 Å². The maximum atomic E-state index is 12.3. The number of pyridine rings is 1. The Bertz CT molecular complexity index is 838. The van der Waals surface area contributed by atoms with Crippen LogP contribution in [0.4, 0.5) is 5.82 Å². The van der Waals surface area contributed by atoms with Crippen molar-refractivity contribution in [2.45, 2.75) is 11.6 Å². The summed E-state index contributed by atoms with van der Waals surface area (Å²) >= 11 is 0. The molecule has 0 unspecified atom stereocenters. The first kappa shape index (κ1) is 12.5. The Hall–Kier alpha value is -2.53. The molecule has 3 aromatic rings. The number of hydrogen-bond acceptors (Lipinski definition) is 7. The SMILES string of the molecule is Nc1nc2ccccn2c1S(=O)(=O)NCc1nn[nH]n1. The van der Waals surface area contributed by atoms with Crippen molar-refractivity contribution in [2.75, 3.05) is 5.73 Å². The van der Waals surface area contributed by atoms with E-state index in [2.05, 4.69) is 30.3 Å². The second-order valence-electron chi connectivity index (χ2n) is 3.88. The fourth-order valence-electron chi connectivity index (χ4n) is 1.74. The molecular formula is C9H10N8O2S. The van der Waals surface area contributed by atoms with Gasteiger partial charge in [0.15, 0.2) is 16.7 Å². The first-order chi connectivity index (χ1) is 9.58. The van der Waals surface area contributed by atoms with Gasteiger partial charge in [-0.3, -0.25) is 4.40 Å². The van der Waals surface area contributed by atoms with Gasteiger partial charge in [0.2, 0.25) is 0 Å². The number of sulfonamides is 1. The highest BCUT2D eigenvalue weighted by Gasteiger charge is 2.23. The van der Waals surface area contributed by atoms with E-state index in [-0.39, 0.29) is 23.2 Å². The van der Waals surface area contributed by atoms with Crippen LogP contribution >= 0.6 is 0 Å². The molecule has 0 aliphatic heterocycles. The highest BCUT2D eigenvalue weighted by Crippen LogP contribution is 2.19. The van der Waals surface area contributed by atoms with E-state index in [1.807, 2.05) is 0 Å². The van der Waals surface area contributed by atoms with Gasteiger partial charge in [0, 0.05) is 6.20 Å². The lowest BCUT2D eigenvalue weighted by Gasteiger charge is -2.05. The van der Waals surface area contributed by atoms with Gasteiger partial charge in [0.05, 0.1) is 6.54 Å². The van der Waals surface area contributed by atoms with Gasteiger partial charge in [-0.15, -0.1) is 10.2 Å². The van der Waals surface area contributed by atoms with Gasteiger partial charge in [-0.1, -0.05) is 11.3 Å². The molecule has 104 valence electrons. The van der Waals surface area contributed by atoms with Gasteiger partial charge in [-0.05, 0) is 12.1 Å². The Morgan fingerprint density at radius 1 is 1.40 bits per heavy atom. The number of nitrogens with zero attached hydrogens (tertiary/aromatic N) is 5. The zero-order valence-corrected chi connectivity index (χ0v) is 10.9. The standard InChI is InChI=1S/C9H10N8O2S/c10-8-9(17-4-2-1-3-7(17)12-8)20(18,19)11-5-6-13-15-16-14-6/h1-4,11H,5,10H2,(H,13,14,15,16). The van der Waals surface area contributed by atoms with Crippen molar-refractivity contribution >= 4 is 21.5 Å². The molecule has 0 fully saturated rings. The minimum absolute atomic E-state index is 0.0724. The molecule has 0 bridgehead atoms. The second-order valence-corrected chi connectivity index (χ2v) is 5.57. The van der Waals surface area contributed by atoms with Crippen molar-refractivity contribution in [3.63, 3.8) is 0 Å². The number of nitrogen functional groups attached to an aromatic ring is 1. The van der Waals surface area contributed by atoms with E-state index in [9.17, 15) is 8.42 Å². The maximum absolute atomic E-state index is 12.3. The molecular weight excluding hydrogens is 284 g/mol. The average molecular weight is 294 g/mol. The number of nitrogens with one attached hydrogen (secondary N) is 2. The molecule has 11 heteroatoms. The number of fused-ring (bicyclic) bond motifs is 1. The lowest BCUT2D eigenvalue weighted by atomic mass is 10.5. The molecule has 0 aromatic carbocycles. The van der Waals surface area contributed by atoms with Gasteiger partial charge in [0.1, 0.15) is 5.65 Å². The lowest BCUT2D eigenvalue weighted by Crippen LogP contribution is -2.25. The Labute approximate surface area is 113 Å². The first-order valence-electron chi connectivity index (χ1n) is 5.52. The zero-order chi connectivity index (χ0) is 14.2. The molecule has 0 aliphatic rings. The predicted octanol–water partition coefficient (Wildman–Crippen LogP) is -1.09. The highest BCUT2D eigenvalue weighted by atomic mass is 32.2. The van der Waals surface area contributed by atoms with Gasteiger partial charge in [-0.2, -0.15) is 5.21 Å². The Balaban J connectivity index is 1.98. The van der Waals surface area contributed by atoms with E-state index in [0.29, 0.717) is 5.65 Å². The minimum Gasteiger partial charge on any atom is -0.381 e. The van der Waals surface area contributed by atoms with E-state index in [1.165, 1.54) is 4.40 Å². The summed E-state index contributed by atoms with van der Waals surface area (Å²) in [5.41, 5.74) is 6.14. The van der Waals surface area contributed by atoms with Crippen LogP contribution in [0.1, 0.15) is 5.82 Å². The predicted molar refractivity (Wildman–Crippen MR) is 67.8 cm³/mol. The molecule has 3 rings (SSSR count). The first-order valence-corrected chi connectivity index (χ1v) is 7.01. The largest absolute Gasteiger partial charge is 0.381 e. The van der Waals surface area contributed by atoms with Crippen molar-refractivity contribution in [3.8, 4) is 0 Å². The third-order valence-corrected chi connectivity index (χ3v) is 4.01. The third kappa shape index (κ3) is 2.08. The molecule has 0 spiro atoms. The number of hydrogen-bond donors (Lipinski definition) is 3. The van der Waals surface area contributed by atoms with Gasteiger partial charge in [0.25, 0.3) is 10.0 Å². The fourth-order valence-corrected chi connectivity index (χ4v) is 2.93. The number of rotatable bonds is 4. The smallest absolute Gasteiger partial charge is 0.260 e. The number of nitrogens with two attached hydrogens (primary N) is 1. The third-order valence-electron chi connectivity index (χ3n) is 2.58. The minimum atomic E-state index is -3.85. The molecule has 0 amide bonds. The van der Waals surface area contributed by atoms with Gasteiger partial charge < -0.3 is 5.73 Å². The summed E-state index contributed by atoms with van der Waals surface area (Å²) in [7, 11) is -3.85. The number of aromatic nitrogens is 6. The fraction of sp³-hybridized carbons (Fsp3) is 0.111. The van der Waals surface area contributed by atoms with Crippen LogP contribution in [-0.4, -0.2) is 38.4 Å². The lowest BCUT2D eigenvalue weighted by molar-refractivity contribution is 0.575. The second kappa shape index (κ2) is 4.54. The monoisotopic (exact) mass is 294 g/mol. The highest BCUT2D eigenvalue weighted by molar-refractivity contribution is 7.89. The van der Waals surface area contributed by atoms with E-state index in [1.54, 1.807) is 24.4 Å². The van der Waals surface area contributed by atoms with E-state index in [4.69, 9.17) is 5.73 Å². The quantitative estimate of drug-likeness (QED) is 0.554. The van der Waals surface area contributed by atoms with Gasteiger partial charge in [-0.25, -0.2) is 18.1 Å². The molecule has 0 radical (unpaired) electrons.